The van der Waals surface area contributed by atoms with Crippen LogP contribution in [0.2, 0.25) is 0 Å². The van der Waals surface area contributed by atoms with Gasteiger partial charge in [0.15, 0.2) is 16.6 Å². The Morgan fingerprint density at radius 3 is 2.88 bits per heavy atom. The van der Waals surface area contributed by atoms with Crippen molar-refractivity contribution in [2.75, 3.05) is 37.9 Å². The van der Waals surface area contributed by atoms with E-state index < -0.39 is 0 Å². The van der Waals surface area contributed by atoms with Crippen LogP contribution in [0.25, 0.3) is 0 Å². The number of likely N-dealkylation sites (N-methyl/N-ethyl adjacent to an activating group) is 1. The molecule has 1 amide bonds. The number of nitrogens with zero attached hydrogens (tertiary/aromatic N) is 2. The van der Waals surface area contributed by atoms with E-state index >= 15 is 0 Å². The largest absolute Gasteiger partial charge is 0.490 e. The predicted molar refractivity (Wildman–Crippen MR) is 69.6 cm³/mol. The molecule has 3 N–H and O–H groups in total. The molecule has 7 heteroatoms. The van der Waals surface area contributed by atoms with Gasteiger partial charge in [0.25, 0.3) is 0 Å². The summed E-state index contributed by atoms with van der Waals surface area (Å²) in [5, 5.41) is 3.40. The molecule has 1 aromatic heterocycles. The standard InChI is InChI=1S/C10H18N4O2S/c1-4-5-14(6-7(15)12-2)10-8(16-3)9(11)13-17-10/h4-6H2,1-3H3,(H2,11,13)(H,12,15). The zero-order valence-corrected chi connectivity index (χ0v) is 11.1. The van der Waals surface area contributed by atoms with E-state index in [-0.39, 0.29) is 12.5 Å². The van der Waals surface area contributed by atoms with Gasteiger partial charge >= 0.3 is 0 Å². The fourth-order valence-electron chi connectivity index (χ4n) is 1.45. The smallest absolute Gasteiger partial charge is 0.239 e. The molecule has 17 heavy (non-hydrogen) atoms. The molecule has 1 rings (SSSR count). The Kier molecular flexibility index (Phi) is 5.02. The van der Waals surface area contributed by atoms with E-state index in [2.05, 4.69) is 9.69 Å². The fourth-order valence-corrected chi connectivity index (χ4v) is 2.26. The first kappa shape index (κ1) is 13.6. The van der Waals surface area contributed by atoms with Crippen molar-refractivity contribution in [3.63, 3.8) is 0 Å². The Labute approximate surface area is 105 Å². The minimum atomic E-state index is -0.0486. The second-order valence-electron chi connectivity index (χ2n) is 3.50. The van der Waals surface area contributed by atoms with Gasteiger partial charge < -0.3 is 20.7 Å². The molecule has 0 bridgehead atoms. The number of methoxy groups -OCH3 is 1. The lowest BCUT2D eigenvalue weighted by Gasteiger charge is -2.21. The number of hydrogen-bond donors (Lipinski definition) is 2. The molecule has 0 radical (unpaired) electrons. The normalized spacial score (nSPS) is 10.1. The number of hydrogen-bond acceptors (Lipinski definition) is 6. The van der Waals surface area contributed by atoms with Gasteiger partial charge in [0.1, 0.15) is 0 Å². The molecule has 0 fully saturated rings. The quantitative estimate of drug-likeness (QED) is 0.785. The van der Waals surface area contributed by atoms with Crippen LogP contribution in [0.1, 0.15) is 13.3 Å². The van der Waals surface area contributed by atoms with Gasteiger partial charge in [-0.15, -0.1) is 0 Å². The lowest BCUT2D eigenvalue weighted by Crippen LogP contribution is -2.35. The first-order valence-corrected chi connectivity index (χ1v) is 6.16. The van der Waals surface area contributed by atoms with Crippen molar-refractivity contribution in [1.29, 1.82) is 0 Å². The lowest BCUT2D eigenvalue weighted by atomic mass is 10.4. The fraction of sp³-hybridized carbons (Fsp3) is 0.600. The van der Waals surface area contributed by atoms with Gasteiger partial charge in [-0.05, 0) is 18.0 Å². The van der Waals surface area contributed by atoms with E-state index in [1.54, 1.807) is 14.2 Å². The molecular formula is C10H18N4O2S. The summed E-state index contributed by atoms with van der Waals surface area (Å²) in [5.41, 5.74) is 5.70. The van der Waals surface area contributed by atoms with Gasteiger partial charge in [0.05, 0.1) is 13.7 Å². The Bertz CT molecular complexity index is 380. The third-order valence-corrected chi connectivity index (χ3v) is 3.16. The van der Waals surface area contributed by atoms with Gasteiger partial charge in [-0.1, -0.05) is 6.92 Å². The molecule has 0 saturated carbocycles. The van der Waals surface area contributed by atoms with Crippen LogP contribution in [0.5, 0.6) is 5.75 Å². The molecule has 1 heterocycles. The minimum absolute atomic E-state index is 0.0486. The predicted octanol–water partition coefficient (Wildman–Crippen LogP) is 0.696. The SMILES string of the molecule is CCCN(CC(=O)NC)c1snc(N)c1OC. The Balaban J connectivity index is 2.92. The highest BCUT2D eigenvalue weighted by molar-refractivity contribution is 7.11. The van der Waals surface area contributed by atoms with Crippen molar-refractivity contribution in [1.82, 2.24) is 9.69 Å². The van der Waals surface area contributed by atoms with Crippen molar-refractivity contribution < 1.29 is 9.53 Å². The van der Waals surface area contributed by atoms with Crippen molar-refractivity contribution in [2.45, 2.75) is 13.3 Å². The highest BCUT2D eigenvalue weighted by Crippen LogP contribution is 2.37. The van der Waals surface area contributed by atoms with Gasteiger partial charge in [-0.2, -0.15) is 4.37 Å². The van der Waals surface area contributed by atoms with E-state index in [1.165, 1.54) is 11.5 Å². The van der Waals surface area contributed by atoms with Gasteiger partial charge in [-0.25, -0.2) is 0 Å². The number of nitrogen functional groups attached to an aromatic ring is 1. The molecule has 0 unspecified atom stereocenters. The summed E-state index contributed by atoms with van der Waals surface area (Å²) in [7, 11) is 3.17. The maximum atomic E-state index is 11.4. The number of rotatable bonds is 6. The van der Waals surface area contributed by atoms with Crippen LogP contribution < -0.4 is 20.7 Å². The van der Waals surface area contributed by atoms with Crippen LogP contribution in [0, 0.1) is 0 Å². The monoisotopic (exact) mass is 258 g/mol. The summed E-state index contributed by atoms with van der Waals surface area (Å²) >= 11 is 1.25. The number of nitrogens with two attached hydrogens (primary N) is 1. The third kappa shape index (κ3) is 3.23. The van der Waals surface area contributed by atoms with Crippen LogP contribution in [-0.2, 0) is 4.79 Å². The molecular weight excluding hydrogens is 240 g/mol. The first-order valence-electron chi connectivity index (χ1n) is 5.38. The van der Waals surface area contributed by atoms with E-state index in [0.717, 1.165) is 18.0 Å². The van der Waals surface area contributed by atoms with Crippen LogP contribution in [0.15, 0.2) is 0 Å². The average molecular weight is 258 g/mol. The summed E-state index contributed by atoms with van der Waals surface area (Å²) in [6.07, 6.45) is 0.929. The highest BCUT2D eigenvalue weighted by atomic mass is 32.1. The summed E-state index contributed by atoms with van der Waals surface area (Å²) in [6, 6.07) is 0. The number of ether oxygens (including phenoxy) is 1. The van der Waals surface area contributed by atoms with Crippen LogP contribution >= 0.6 is 11.5 Å². The maximum Gasteiger partial charge on any atom is 0.239 e. The van der Waals surface area contributed by atoms with E-state index in [9.17, 15) is 4.79 Å². The number of carbonyl (C=O) groups excluding carboxylic acids is 1. The average Bonchev–Trinajstić information content (AvgIpc) is 2.69. The highest BCUT2D eigenvalue weighted by Gasteiger charge is 2.19. The minimum Gasteiger partial charge on any atom is -0.490 e. The number of carbonyl (C=O) groups is 1. The molecule has 0 saturated heterocycles. The van der Waals surface area contributed by atoms with Crippen LogP contribution in [0.3, 0.4) is 0 Å². The Morgan fingerprint density at radius 1 is 1.65 bits per heavy atom. The molecule has 0 aliphatic heterocycles. The molecule has 0 aliphatic rings. The summed E-state index contributed by atoms with van der Waals surface area (Å²) in [5.74, 6) is 0.866. The summed E-state index contributed by atoms with van der Waals surface area (Å²) < 4.78 is 9.25. The van der Waals surface area contributed by atoms with E-state index in [0.29, 0.717) is 11.6 Å². The number of aromatic nitrogens is 1. The molecule has 0 spiro atoms. The summed E-state index contributed by atoms with van der Waals surface area (Å²) in [4.78, 5) is 13.4. The first-order chi connectivity index (χ1) is 8.13. The van der Waals surface area contributed by atoms with E-state index in [4.69, 9.17) is 10.5 Å². The number of nitrogens with one attached hydrogen (secondary N) is 1. The second-order valence-corrected chi connectivity index (χ2v) is 4.25. The zero-order chi connectivity index (χ0) is 12.8. The second kappa shape index (κ2) is 6.29. The number of amides is 1. The van der Waals surface area contributed by atoms with E-state index in [1.807, 2.05) is 11.8 Å². The topological polar surface area (TPSA) is 80.5 Å². The summed E-state index contributed by atoms with van der Waals surface area (Å²) in [6.45, 7) is 3.08. The van der Waals surface area contributed by atoms with Crippen LogP contribution in [0.4, 0.5) is 10.8 Å². The van der Waals surface area contributed by atoms with Gasteiger partial charge in [-0.3, -0.25) is 4.79 Å². The maximum absolute atomic E-state index is 11.4. The zero-order valence-electron chi connectivity index (χ0n) is 10.3. The third-order valence-electron chi connectivity index (χ3n) is 2.26. The molecule has 0 aromatic carbocycles. The van der Waals surface area contributed by atoms with Crippen molar-refractivity contribution >= 4 is 28.3 Å². The van der Waals surface area contributed by atoms with Crippen molar-refractivity contribution in [2.24, 2.45) is 0 Å². The lowest BCUT2D eigenvalue weighted by molar-refractivity contribution is -0.119. The molecule has 96 valence electrons. The number of anilines is 2. The van der Waals surface area contributed by atoms with Crippen LogP contribution in [-0.4, -0.2) is 37.5 Å². The van der Waals surface area contributed by atoms with Gasteiger partial charge in [0.2, 0.25) is 5.91 Å². The van der Waals surface area contributed by atoms with Crippen molar-refractivity contribution in [3.05, 3.63) is 0 Å². The molecule has 0 atom stereocenters. The molecule has 6 nitrogen and oxygen atoms in total. The molecule has 1 aromatic rings. The Hall–Kier alpha value is -1.50. The molecule has 0 aliphatic carbocycles. The Morgan fingerprint density at radius 2 is 2.35 bits per heavy atom. The van der Waals surface area contributed by atoms with Gasteiger partial charge in [0, 0.05) is 13.6 Å². The van der Waals surface area contributed by atoms with Crippen molar-refractivity contribution in [3.8, 4) is 5.75 Å².